The first-order valence-corrected chi connectivity index (χ1v) is 7.38. The Morgan fingerprint density at radius 2 is 1.57 bits per heavy atom. The Balaban J connectivity index is 2.06. The zero-order valence-electron chi connectivity index (χ0n) is 12.7. The molecule has 108 valence electrons. The molecule has 0 radical (unpaired) electrons. The smallest absolute Gasteiger partial charge is 0.126 e. The first-order valence-electron chi connectivity index (χ1n) is 7.38. The average molecular weight is 278 g/mol. The highest BCUT2D eigenvalue weighted by Crippen LogP contribution is 2.17. The Bertz CT molecular complexity index is 580. The molecule has 0 fully saturated rings. The normalized spacial score (nSPS) is 12.0. The topological polar surface area (TPSA) is 9.23 Å². The zero-order chi connectivity index (χ0) is 14.9. The predicted octanol–water partition coefficient (Wildman–Crippen LogP) is 5.25. The maximum Gasteiger partial charge on any atom is 0.126 e. The van der Waals surface area contributed by atoms with Crippen molar-refractivity contribution in [3.05, 3.63) is 90.0 Å². The standard InChI is InChI=1S/C20H22O/c1-17(2)21-20(19-14-7-4-8-15-19)16-10-9-13-18-11-5-3-6-12-18/h3-12,14-17H,13H2,1-2H3/b10-9+,20-16-. The van der Waals surface area contributed by atoms with E-state index in [-0.39, 0.29) is 6.10 Å². The molecule has 0 bridgehead atoms. The Labute approximate surface area is 127 Å². The molecule has 0 aliphatic carbocycles. The molecule has 0 saturated heterocycles. The number of hydrogen-bond donors (Lipinski definition) is 0. The molecule has 0 saturated carbocycles. The van der Waals surface area contributed by atoms with E-state index in [1.807, 2.05) is 44.2 Å². The van der Waals surface area contributed by atoms with Crippen LogP contribution >= 0.6 is 0 Å². The second-order valence-corrected chi connectivity index (χ2v) is 5.18. The fourth-order valence-corrected chi connectivity index (χ4v) is 2.03. The summed E-state index contributed by atoms with van der Waals surface area (Å²) in [4.78, 5) is 0. The van der Waals surface area contributed by atoms with Crippen molar-refractivity contribution in [1.29, 1.82) is 0 Å². The van der Waals surface area contributed by atoms with Gasteiger partial charge < -0.3 is 4.74 Å². The van der Waals surface area contributed by atoms with E-state index in [4.69, 9.17) is 4.74 Å². The summed E-state index contributed by atoms with van der Waals surface area (Å²) in [5.74, 6) is 0.912. The van der Waals surface area contributed by atoms with Gasteiger partial charge in [0.25, 0.3) is 0 Å². The molecule has 0 atom stereocenters. The number of benzene rings is 2. The molecule has 0 aromatic heterocycles. The van der Waals surface area contributed by atoms with Gasteiger partial charge in [-0.15, -0.1) is 0 Å². The predicted molar refractivity (Wildman–Crippen MR) is 89.9 cm³/mol. The van der Waals surface area contributed by atoms with Crippen molar-refractivity contribution < 1.29 is 4.74 Å². The van der Waals surface area contributed by atoms with Gasteiger partial charge in [0.15, 0.2) is 0 Å². The Morgan fingerprint density at radius 1 is 0.952 bits per heavy atom. The van der Waals surface area contributed by atoms with E-state index in [9.17, 15) is 0 Å². The van der Waals surface area contributed by atoms with E-state index >= 15 is 0 Å². The summed E-state index contributed by atoms with van der Waals surface area (Å²) < 4.78 is 5.90. The summed E-state index contributed by atoms with van der Waals surface area (Å²) in [6.45, 7) is 4.09. The second-order valence-electron chi connectivity index (χ2n) is 5.18. The number of ether oxygens (including phenoxy) is 1. The number of rotatable bonds is 6. The quantitative estimate of drug-likeness (QED) is 0.518. The van der Waals surface area contributed by atoms with Gasteiger partial charge in [-0.2, -0.15) is 0 Å². The molecule has 0 amide bonds. The largest absolute Gasteiger partial charge is 0.490 e. The van der Waals surface area contributed by atoms with E-state index in [0.717, 1.165) is 17.7 Å². The van der Waals surface area contributed by atoms with Gasteiger partial charge in [-0.3, -0.25) is 0 Å². The molecule has 2 aromatic carbocycles. The summed E-state index contributed by atoms with van der Waals surface area (Å²) in [6, 6.07) is 20.7. The molecule has 0 N–H and O–H groups in total. The average Bonchev–Trinajstić information content (AvgIpc) is 2.52. The third-order valence-electron chi connectivity index (χ3n) is 3.00. The lowest BCUT2D eigenvalue weighted by atomic mass is 10.1. The van der Waals surface area contributed by atoms with Gasteiger partial charge in [-0.25, -0.2) is 0 Å². The fourth-order valence-electron chi connectivity index (χ4n) is 2.03. The van der Waals surface area contributed by atoms with Crippen molar-refractivity contribution in [2.45, 2.75) is 26.4 Å². The molecule has 0 spiro atoms. The second kappa shape index (κ2) is 8.11. The van der Waals surface area contributed by atoms with Crippen molar-refractivity contribution in [2.24, 2.45) is 0 Å². The lowest BCUT2D eigenvalue weighted by Gasteiger charge is -2.13. The molecule has 0 aliphatic heterocycles. The molecule has 0 aliphatic rings. The SMILES string of the molecule is CC(C)O/C(=C\C=C\Cc1ccccc1)c1ccccc1. The third kappa shape index (κ3) is 5.31. The van der Waals surface area contributed by atoms with Crippen LogP contribution in [0.1, 0.15) is 25.0 Å². The van der Waals surface area contributed by atoms with Crippen LogP contribution in [0.25, 0.3) is 5.76 Å². The summed E-state index contributed by atoms with van der Waals surface area (Å²) in [5.41, 5.74) is 2.42. The summed E-state index contributed by atoms with van der Waals surface area (Å²) in [5, 5.41) is 0. The highest BCUT2D eigenvalue weighted by Gasteiger charge is 2.03. The molecule has 2 rings (SSSR count). The van der Waals surface area contributed by atoms with Crippen molar-refractivity contribution in [1.82, 2.24) is 0 Å². The molecule has 1 heteroatoms. The van der Waals surface area contributed by atoms with E-state index in [0.29, 0.717) is 0 Å². The van der Waals surface area contributed by atoms with Gasteiger partial charge in [-0.1, -0.05) is 72.8 Å². The van der Waals surface area contributed by atoms with Gasteiger partial charge in [-0.05, 0) is 31.9 Å². The molecule has 0 heterocycles. The van der Waals surface area contributed by atoms with Crippen LogP contribution in [0.4, 0.5) is 0 Å². The third-order valence-corrected chi connectivity index (χ3v) is 3.00. The number of hydrogen-bond acceptors (Lipinski definition) is 1. The van der Waals surface area contributed by atoms with Crippen LogP contribution in [-0.2, 0) is 11.2 Å². The highest BCUT2D eigenvalue weighted by atomic mass is 16.5. The molecule has 21 heavy (non-hydrogen) atoms. The molecule has 2 aromatic rings. The van der Waals surface area contributed by atoms with Crippen LogP contribution in [0.15, 0.2) is 78.9 Å². The van der Waals surface area contributed by atoms with Crippen LogP contribution in [0.2, 0.25) is 0 Å². The maximum atomic E-state index is 5.90. The summed E-state index contributed by atoms with van der Waals surface area (Å²) >= 11 is 0. The minimum Gasteiger partial charge on any atom is -0.490 e. The van der Waals surface area contributed by atoms with Gasteiger partial charge in [0.2, 0.25) is 0 Å². The summed E-state index contributed by atoms with van der Waals surface area (Å²) in [7, 11) is 0. The Kier molecular flexibility index (Phi) is 5.83. The van der Waals surface area contributed by atoms with Crippen LogP contribution in [-0.4, -0.2) is 6.10 Å². The van der Waals surface area contributed by atoms with Crippen LogP contribution in [0.5, 0.6) is 0 Å². The Hall–Kier alpha value is -2.28. The van der Waals surface area contributed by atoms with Crippen molar-refractivity contribution in [3.8, 4) is 0 Å². The fraction of sp³-hybridized carbons (Fsp3) is 0.200. The highest BCUT2D eigenvalue weighted by molar-refractivity contribution is 5.61. The van der Waals surface area contributed by atoms with Gasteiger partial charge in [0.05, 0.1) is 6.10 Å². The molecular weight excluding hydrogens is 256 g/mol. The van der Waals surface area contributed by atoms with Crippen LogP contribution < -0.4 is 0 Å². The lowest BCUT2D eigenvalue weighted by molar-refractivity contribution is 0.204. The maximum absolute atomic E-state index is 5.90. The van der Waals surface area contributed by atoms with Gasteiger partial charge in [0, 0.05) is 5.56 Å². The molecular formula is C20H22O. The molecule has 0 unspecified atom stereocenters. The van der Waals surface area contributed by atoms with E-state index in [2.05, 4.69) is 48.6 Å². The summed E-state index contributed by atoms with van der Waals surface area (Å²) in [6.07, 6.45) is 7.36. The van der Waals surface area contributed by atoms with Gasteiger partial charge in [0.1, 0.15) is 5.76 Å². The first kappa shape index (κ1) is 15.1. The van der Waals surface area contributed by atoms with Crippen molar-refractivity contribution >= 4 is 5.76 Å². The van der Waals surface area contributed by atoms with Gasteiger partial charge >= 0.3 is 0 Å². The van der Waals surface area contributed by atoms with Crippen LogP contribution in [0, 0.1) is 0 Å². The number of allylic oxidation sites excluding steroid dienone is 3. The van der Waals surface area contributed by atoms with Crippen LogP contribution in [0.3, 0.4) is 0 Å². The Morgan fingerprint density at radius 3 is 2.19 bits per heavy atom. The minimum atomic E-state index is 0.166. The van der Waals surface area contributed by atoms with Crippen molar-refractivity contribution in [2.75, 3.05) is 0 Å². The molecule has 1 nitrogen and oxygen atoms in total. The van der Waals surface area contributed by atoms with E-state index in [1.165, 1.54) is 5.56 Å². The van der Waals surface area contributed by atoms with E-state index < -0.39 is 0 Å². The van der Waals surface area contributed by atoms with Crippen molar-refractivity contribution in [3.63, 3.8) is 0 Å². The monoisotopic (exact) mass is 278 g/mol. The first-order chi connectivity index (χ1) is 10.3. The zero-order valence-corrected chi connectivity index (χ0v) is 12.7. The minimum absolute atomic E-state index is 0.166. The lowest BCUT2D eigenvalue weighted by Crippen LogP contribution is -2.01. The van der Waals surface area contributed by atoms with E-state index in [1.54, 1.807) is 0 Å².